The molecule has 1 aromatic rings. The number of nitrogens with one attached hydrogen (secondary N) is 1. The standard InChI is InChI=1S/C9H10FN5O4S/c10-8-6-7(2-3-9(8)15(16)17)20(18,19)13-5-1-4-12-14-11/h2-3,6,13H,1,4-5H2. The van der Waals surface area contributed by atoms with E-state index < -0.39 is 31.3 Å². The van der Waals surface area contributed by atoms with Gasteiger partial charge in [-0.3, -0.25) is 10.1 Å². The van der Waals surface area contributed by atoms with Gasteiger partial charge in [0.05, 0.1) is 9.82 Å². The summed E-state index contributed by atoms with van der Waals surface area (Å²) >= 11 is 0. The van der Waals surface area contributed by atoms with Gasteiger partial charge in [-0.05, 0) is 18.0 Å². The summed E-state index contributed by atoms with van der Waals surface area (Å²) in [5, 5.41) is 13.6. The van der Waals surface area contributed by atoms with Gasteiger partial charge in [0, 0.05) is 30.1 Å². The summed E-state index contributed by atoms with van der Waals surface area (Å²) in [5.74, 6) is -1.23. The molecule has 108 valence electrons. The van der Waals surface area contributed by atoms with Crippen molar-refractivity contribution in [2.75, 3.05) is 13.1 Å². The lowest BCUT2D eigenvalue weighted by Gasteiger charge is -2.06. The summed E-state index contributed by atoms with van der Waals surface area (Å²) in [5.41, 5.74) is 7.23. The molecule has 0 aliphatic heterocycles. The molecule has 0 amide bonds. The fraction of sp³-hybridized carbons (Fsp3) is 0.333. The molecule has 0 atom stereocenters. The van der Waals surface area contributed by atoms with E-state index in [-0.39, 0.29) is 19.5 Å². The molecule has 11 heteroatoms. The Kier molecular flexibility index (Phi) is 5.38. The lowest BCUT2D eigenvalue weighted by Crippen LogP contribution is -2.25. The van der Waals surface area contributed by atoms with Gasteiger partial charge in [0.2, 0.25) is 15.8 Å². The van der Waals surface area contributed by atoms with Crippen LogP contribution in [0.2, 0.25) is 0 Å². The van der Waals surface area contributed by atoms with Crippen LogP contribution in [0.15, 0.2) is 28.2 Å². The van der Waals surface area contributed by atoms with Gasteiger partial charge >= 0.3 is 5.69 Å². The molecule has 1 rings (SSSR count). The van der Waals surface area contributed by atoms with Crippen molar-refractivity contribution in [1.29, 1.82) is 0 Å². The van der Waals surface area contributed by atoms with E-state index >= 15 is 0 Å². The molecule has 0 heterocycles. The first-order valence-corrected chi connectivity index (χ1v) is 6.81. The van der Waals surface area contributed by atoms with Crippen molar-refractivity contribution in [1.82, 2.24) is 4.72 Å². The molecule has 0 radical (unpaired) electrons. The van der Waals surface area contributed by atoms with Gasteiger partial charge in [0.15, 0.2) is 0 Å². The first-order chi connectivity index (χ1) is 9.38. The summed E-state index contributed by atoms with van der Waals surface area (Å²) in [6.45, 7) is 0.119. The molecule has 0 unspecified atom stereocenters. The molecule has 0 aliphatic carbocycles. The van der Waals surface area contributed by atoms with Gasteiger partial charge in [-0.15, -0.1) is 0 Å². The molecule has 0 aliphatic rings. The van der Waals surface area contributed by atoms with E-state index in [1.807, 2.05) is 0 Å². The van der Waals surface area contributed by atoms with Crippen LogP contribution in [-0.4, -0.2) is 26.4 Å². The average Bonchev–Trinajstić information content (AvgIpc) is 2.37. The summed E-state index contributed by atoms with van der Waals surface area (Å²) < 4.78 is 39.0. The maximum Gasteiger partial charge on any atom is 0.304 e. The number of nitrogens with zero attached hydrogens (tertiary/aromatic N) is 4. The molecule has 9 nitrogen and oxygen atoms in total. The maximum absolute atomic E-state index is 13.3. The van der Waals surface area contributed by atoms with Gasteiger partial charge in [-0.25, -0.2) is 13.1 Å². The molecule has 0 fully saturated rings. The highest BCUT2D eigenvalue weighted by Crippen LogP contribution is 2.20. The van der Waals surface area contributed by atoms with E-state index in [2.05, 4.69) is 14.7 Å². The van der Waals surface area contributed by atoms with Crippen LogP contribution in [0.3, 0.4) is 0 Å². The van der Waals surface area contributed by atoms with Gasteiger partial charge in [0.25, 0.3) is 0 Å². The van der Waals surface area contributed by atoms with Crippen molar-refractivity contribution < 1.29 is 17.7 Å². The number of rotatable bonds is 7. The maximum atomic E-state index is 13.3. The van der Waals surface area contributed by atoms with Gasteiger partial charge in [-0.2, -0.15) is 4.39 Å². The number of nitro benzene ring substituents is 1. The van der Waals surface area contributed by atoms with Crippen LogP contribution in [0.4, 0.5) is 10.1 Å². The fourth-order valence-corrected chi connectivity index (χ4v) is 2.37. The SMILES string of the molecule is [N-]=[N+]=NCCCNS(=O)(=O)c1ccc([N+](=O)[O-])c(F)c1. The van der Waals surface area contributed by atoms with Crippen molar-refractivity contribution in [3.63, 3.8) is 0 Å². The molecule has 1 aromatic carbocycles. The van der Waals surface area contributed by atoms with E-state index in [0.29, 0.717) is 6.07 Å². The number of hydrogen-bond acceptors (Lipinski definition) is 5. The number of benzene rings is 1. The van der Waals surface area contributed by atoms with Crippen molar-refractivity contribution in [3.8, 4) is 0 Å². The first kappa shape index (κ1) is 15.8. The molecule has 0 aromatic heterocycles. The number of nitro groups is 1. The largest absolute Gasteiger partial charge is 0.304 e. The van der Waals surface area contributed by atoms with Gasteiger partial charge < -0.3 is 0 Å². The Balaban J connectivity index is 2.80. The fourth-order valence-electron chi connectivity index (χ4n) is 1.29. The van der Waals surface area contributed by atoms with E-state index in [1.165, 1.54) is 0 Å². The molecular weight excluding hydrogens is 293 g/mol. The third-order valence-corrected chi connectivity index (χ3v) is 3.68. The topological polar surface area (TPSA) is 138 Å². The number of azide groups is 1. The summed E-state index contributed by atoms with van der Waals surface area (Å²) in [6.07, 6.45) is 0.277. The van der Waals surface area contributed by atoms with Crippen LogP contribution in [0, 0.1) is 15.9 Å². The van der Waals surface area contributed by atoms with Crippen LogP contribution in [0.25, 0.3) is 10.4 Å². The zero-order valence-corrected chi connectivity index (χ0v) is 10.9. The highest BCUT2D eigenvalue weighted by molar-refractivity contribution is 7.89. The second kappa shape index (κ2) is 6.80. The van der Waals surface area contributed by atoms with E-state index in [9.17, 15) is 22.9 Å². The molecule has 0 saturated heterocycles. The Bertz CT molecular complexity index is 656. The molecule has 0 saturated carbocycles. The van der Waals surface area contributed by atoms with Crippen molar-refractivity contribution >= 4 is 15.7 Å². The second-order valence-corrected chi connectivity index (χ2v) is 5.34. The predicted octanol–water partition coefficient (Wildman–Crippen LogP) is 1.71. The van der Waals surface area contributed by atoms with E-state index in [0.717, 1.165) is 12.1 Å². The summed E-state index contributed by atoms with van der Waals surface area (Å²) in [4.78, 5) is 11.6. The second-order valence-electron chi connectivity index (χ2n) is 3.58. The minimum atomic E-state index is -3.96. The minimum absolute atomic E-state index is 0.0000398. The van der Waals surface area contributed by atoms with Gasteiger partial charge in [0.1, 0.15) is 0 Å². The van der Waals surface area contributed by atoms with Crippen LogP contribution in [0.5, 0.6) is 0 Å². The zero-order chi connectivity index (χ0) is 15.2. The Labute approximate surface area is 113 Å². The third kappa shape index (κ3) is 4.16. The van der Waals surface area contributed by atoms with Crippen molar-refractivity contribution in [3.05, 3.63) is 44.6 Å². The lowest BCUT2D eigenvalue weighted by atomic mass is 10.3. The highest BCUT2D eigenvalue weighted by Gasteiger charge is 2.20. The van der Waals surface area contributed by atoms with Crippen LogP contribution in [-0.2, 0) is 10.0 Å². The van der Waals surface area contributed by atoms with Crippen molar-refractivity contribution in [2.45, 2.75) is 11.3 Å². The molecule has 1 N–H and O–H groups in total. The third-order valence-electron chi connectivity index (χ3n) is 2.22. The smallest absolute Gasteiger partial charge is 0.258 e. The zero-order valence-electron chi connectivity index (χ0n) is 10.1. The normalized spacial score (nSPS) is 10.8. The lowest BCUT2D eigenvalue weighted by molar-refractivity contribution is -0.387. The Morgan fingerprint density at radius 3 is 2.75 bits per heavy atom. The first-order valence-electron chi connectivity index (χ1n) is 5.33. The molecular formula is C9H10FN5O4S. The summed E-state index contributed by atoms with van der Waals surface area (Å²) in [7, 11) is -3.96. The quantitative estimate of drug-likeness (QED) is 0.204. The molecule has 0 spiro atoms. The number of hydrogen-bond donors (Lipinski definition) is 1. The highest BCUT2D eigenvalue weighted by atomic mass is 32.2. The van der Waals surface area contributed by atoms with Crippen molar-refractivity contribution in [2.24, 2.45) is 5.11 Å². The monoisotopic (exact) mass is 303 g/mol. The van der Waals surface area contributed by atoms with E-state index in [4.69, 9.17) is 5.53 Å². The van der Waals surface area contributed by atoms with Crippen LogP contribution >= 0.6 is 0 Å². The van der Waals surface area contributed by atoms with Crippen LogP contribution < -0.4 is 4.72 Å². The Hall–Kier alpha value is -2.23. The molecule has 20 heavy (non-hydrogen) atoms. The number of sulfonamides is 1. The van der Waals surface area contributed by atoms with Gasteiger partial charge in [-0.1, -0.05) is 5.11 Å². The molecule has 0 bridgehead atoms. The Morgan fingerprint density at radius 1 is 1.50 bits per heavy atom. The minimum Gasteiger partial charge on any atom is -0.258 e. The van der Waals surface area contributed by atoms with Crippen LogP contribution in [0.1, 0.15) is 6.42 Å². The number of halogens is 1. The predicted molar refractivity (Wildman–Crippen MR) is 66.9 cm³/mol. The average molecular weight is 303 g/mol. The summed E-state index contributed by atoms with van der Waals surface area (Å²) in [6, 6.07) is 2.30. The van der Waals surface area contributed by atoms with E-state index in [1.54, 1.807) is 0 Å². The Morgan fingerprint density at radius 2 is 2.20 bits per heavy atom.